The van der Waals surface area contributed by atoms with Crippen LogP contribution in [0.2, 0.25) is 0 Å². The van der Waals surface area contributed by atoms with E-state index in [1.54, 1.807) is 14.1 Å². The number of aromatic carboxylic acids is 2. The number of carbonyl (C=O) groups is 3. The van der Waals surface area contributed by atoms with Crippen molar-refractivity contribution in [2.75, 3.05) is 14.1 Å². The van der Waals surface area contributed by atoms with Crippen molar-refractivity contribution >= 4 is 64.7 Å². The standard InChI is InChI=1S/C12H8N2O4.C3H7NO.2ClH.Pb.Pd/c15-11(16)7-1-3-9(13-5-7)10-4-2-8(6-14-10)12(17)18;1-4(2)3-5;;;;/h1-6H,(H,15,16)(H,17,18);3H,1-2H3;2*1H;;/q;;;;2*+2/p-4. The fraction of sp³-hybridized carbons (Fsp3) is 0.133. The first-order chi connectivity index (χ1) is 12.3. The van der Waals surface area contributed by atoms with Gasteiger partial charge in [0.15, 0.2) is 0 Å². The van der Waals surface area contributed by atoms with Gasteiger partial charge in [-0.3, -0.25) is 14.8 Å². The molecule has 0 saturated heterocycles. The molecule has 0 aliphatic carbocycles. The predicted octanol–water partition coefficient (Wildman–Crippen LogP) is -0.429. The molecule has 2 radical (unpaired) electrons. The molecule has 0 spiro atoms. The summed E-state index contributed by atoms with van der Waals surface area (Å²) < 4.78 is 0. The Morgan fingerprint density at radius 3 is 1.41 bits per heavy atom. The van der Waals surface area contributed by atoms with E-state index < -0.39 is 11.9 Å². The summed E-state index contributed by atoms with van der Waals surface area (Å²) in [4.78, 5) is 39.7. The van der Waals surface area contributed by atoms with Gasteiger partial charge in [-0.15, -0.1) is 0 Å². The van der Waals surface area contributed by atoms with Crippen LogP contribution in [0.4, 0.5) is 0 Å². The van der Waals surface area contributed by atoms with Crippen LogP contribution >= 0.6 is 19.1 Å². The molecular weight excluding hydrogens is 687 g/mol. The largest absolute Gasteiger partial charge is 2.00 e. The number of nitrogens with zero attached hydrogens (tertiary/aromatic N) is 3. The van der Waals surface area contributed by atoms with Crippen molar-refractivity contribution in [1.82, 2.24) is 14.9 Å². The summed E-state index contributed by atoms with van der Waals surface area (Å²) in [6.45, 7) is 0. The predicted molar refractivity (Wildman–Crippen MR) is 93.3 cm³/mol. The van der Waals surface area contributed by atoms with Crippen molar-refractivity contribution in [2.45, 2.75) is 0 Å². The van der Waals surface area contributed by atoms with Crippen molar-refractivity contribution in [3.8, 4) is 11.4 Å². The molecule has 0 bridgehead atoms. The summed E-state index contributed by atoms with van der Waals surface area (Å²) in [5.41, 5.74) is 0.796. The van der Waals surface area contributed by atoms with E-state index in [2.05, 4.69) is 9.97 Å². The van der Waals surface area contributed by atoms with Gasteiger partial charge in [0.2, 0.25) is 6.41 Å². The van der Waals surface area contributed by atoms with Crippen molar-refractivity contribution in [3.05, 3.63) is 47.8 Å². The van der Waals surface area contributed by atoms with Crippen LogP contribution in [0.25, 0.3) is 11.4 Å². The molecule has 27 heavy (non-hydrogen) atoms. The van der Waals surface area contributed by atoms with E-state index in [0.717, 1.165) is 18.8 Å². The zero-order valence-corrected chi connectivity index (χ0v) is 21.0. The van der Waals surface area contributed by atoms with Gasteiger partial charge in [0.05, 0.1) is 23.3 Å². The van der Waals surface area contributed by atoms with Gasteiger partial charge in [0.1, 0.15) is 0 Å². The SMILES string of the molecule is CN(C)C=O.O=C([O-])c1ccc(-c2ccc(C(=O)[O-])cn2)nc1.[Cl][Pd][Cl].[Pb+2]. The van der Waals surface area contributed by atoms with Gasteiger partial charge in [-0.05, 0) is 24.3 Å². The topological polar surface area (TPSA) is 126 Å². The Kier molecular flexibility index (Phi) is 16.5. The number of hydrogen-bond acceptors (Lipinski definition) is 7. The molecular formula is C15H13Cl2N3O5PbPd. The van der Waals surface area contributed by atoms with Crippen LogP contribution in [0, 0.1) is 0 Å². The second-order valence-electron chi connectivity index (χ2n) is 4.55. The zero-order valence-electron chi connectivity index (χ0n) is 14.0. The van der Waals surface area contributed by atoms with Crippen molar-refractivity contribution in [3.63, 3.8) is 0 Å². The molecule has 2 heterocycles. The summed E-state index contributed by atoms with van der Waals surface area (Å²) >= 11 is -0.106. The average Bonchev–Trinajstić information content (AvgIpc) is 2.63. The molecule has 0 aliphatic rings. The van der Waals surface area contributed by atoms with Crippen LogP contribution in [0.1, 0.15) is 20.7 Å². The van der Waals surface area contributed by atoms with E-state index in [4.69, 9.17) is 19.1 Å². The second kappa shape index (κ2) is 15.9. The van der Waals surface area contributed by atoms with Crippen LogP contribution in [-0.4, -0.2) is 74.6 Å². The fourth-order valence-corrected chi connectivity index (χ4v) is 1.33. The Bertz CT molecular complexity index is 663. The van der Waals surface area contributed by atoms with E-state index in [0.29, 0.717) is 11.4 Å². The normalized spacial score (nSPS) is 8.74. The second-order valence-corrected chi connectivity index (χ2v) is 6.91. The summed E-state index contributed by atoms with van der Waals surface area (Å²) in [5.74, 6) is -2.62. The van der Waals surface area contributed by atoms with Crippen LogP contribution in [0.5, 0.6) is 0 Å². The molecule has 2 aromatic heterocycles. The first-order valence-electron chi connectivity index (χ1n) is 6.56. The molecule has 0 fully saturated rings. The molecule has 0 aromatic carbocycles. The molecule has 0 aliphatic heterocycles. The van der Waals surface area contributed by atoms with Crippen molar-refractivity contribution < 1.29 is 40.5 Å². The van der Waals surface area contributed by atoms with Crippen LogP contribution in [-0.2, 0) is 20.7 Å². The van der Waals surface area contributed by atoms with Gasteiger partial charge in [0, 0.05) is 37.6 Å². The number of amides is 1. The molecule has 0 N–H and O–H groups in total. The van der Waals surface area contributed by atoms with Gasteiger partial charge in [-0.25, -0.2) is 0 Å². The minimum atomic E-state index is -1.31. The van der Waals surface area contributed by atoms with Crippen molar-refractivity contribution in [2.24, 2.45) is 0 Å². The third kappa shape index (κ3) is 12.0. The summed E-state index contributed by atoms with van der Waals surface area (Å²) in [6, 6.07) is 5.61. The fourth-order valence-electron chi connectivity index (χ4n) is 1.33. The van der Waals surface area contributed by atoms with Gasteiger partial charge >= 0.3 is 62.3 Å². The molecule has 1 amide bonds. The third-order valence-corrected chi connectivity index (χ3v) is 2.47. The quantitative estimate of drug-likeness (QED) is 0.314. The number of rotatable bonds is 4. The van der Waals surface area contributed by atoms with Crippen LogP contribution < -0.4 is 10.2 Å². The van der Waals surface area contributed by atoms with Crippen LogP contribution in [0.15, 0.2) is 36.7 Å². The van der Waals surface area contributed by atoms with Crippen molar-refractivity contribution in [1.29, 1.82) is 0 Å². The van der Waals surface area contributed by atoms with E-state index >= 15 is 0 Å². The monoisotopic (exact) mass is 699 g/mol. The summed E-state index contributed by atoms with van der Waals surface area (Å²) in [6.07, 6.45) is 3.05. The Balaban J connectivity index is 0. The molecule has 2 rings (SSSR count). The molecule has 0 saturated carbocycles. The maximum Gasteiger partial charge on any atom is 2.00 e. The Morgan fingerprint density at radius 2 is 1.26 bits per heavy atom. The van der Waals surface area contributed by atoms with E-state index in [9.17, 15) is 24.6 Å². The summed E-state index contributed by atoms with van der Waals surface area (Å²) in [7, 11) is 13.0. The number of aromatic nitrogens is 2. The third-order valence-electron chi connectivity index (χ3n) is 2.47. The minimum absolute atomic E-state index is 0. The molecule has 0 unspecified atom stereocenters. The van der Waals surface area contributed by atoms with Crippen LogP contribution in [0.3, 0.4) is 0 Å². The molecule has 12 heteroatoms. The number of carbonyl (C=O) groups excluding carboxylic acids is 3. The maximum absolute atomic E-state index is 10.5. The first-order valence-corrected chi connectivity index (χ1v) is 10.6. The number of carboxylic acid groups (broad SMARTS) is 2. The number of pyridine rings is 2. The average molecular weight is 700 g/mol. The first kappa shape index (κ1) is 28.1. The zero-order chi connectivity index (χ0) is 20.1. The molecule has 146 valence electrons. The molecule has 8 nitrogen and oxygen atoms in total. The van der Waals surface area contributed by atoms with Gasteiger partial charge in [-0.2, -0.15) is 0 Å². The van der Waals surface area contributed by atoms with E-state index in [1.165, 1.54) is 29.2 Å². The van der Waals surface area contributed by atoms with Gasteiger partial charge < -0.3 is 24.7 Å². The number of carboxylic acids is 2. The van der Waals surface area contributed by atoms with E-state index in [1.807, 2.05) is 0 Å². The Hall–Kier alpha value is -1.13. The maximum atomic E-state index is 10.5. The Morgan fingerprint density at radius 1 is 0.963 bits per heavy atom. The van der Waals surface area contributed by atoms with E-state index in [-0.39, 0.29) is 54.4 Å². The number of halogens is 2. The Labute approximate surface area is 192 Å². The molecule has 0 atom stereocenters. The minimum Gasteiger partial charge on any atom is 2.00 e. The number of hydrogen-bond donors (Lipinski definition) is 0. The smallest absolute Gasteiger partial charge is 2.00 e. The summed E-state index contributed by atoms with van der Waals surface area (Å²) in [5, 5.41) is 21.1. The van der Waals surface area contributed by atoms with Gasteiger partial charge in [-0.1, -0.05) is 0 Å². The van der Waals surface area contributed by atoms with Gasteiger partial charge in [0.25, 0.3) is 0 Å². The molecule has 2 aromatic rings.